The molecule has 1 aliphatic heterocycles. The smallest absolute Gasteiger partial charge is 0.159 e. The highest BCUT2D eigenvalue weighted by Gasteiger charge is 2.42. The van der Waals surface area contributed by atoms with Gasteiger partial charge in [0.15, 0.2) is 23.3 Å². The second-order valence-electron chi connectivity index (χ2n) is 10.7. The van der Waals surface area contributed by atoms with Gasteiger partial charge in [-0.25, -0.2) is 17.6 Å². The van der Waals surface area contributed by atoms with Gasteiger partial charge in [0, 0.05) is 12.6 Å². The van der Waals surface area contributed by atoms with Crippen LogP contribution >= 0.6 is 0 Å². The fourth-order valence-corrected chi connectivity index (χ4v) is 4.95. The Bertz CT molecular complexity index is 1370. The predicted octanol–water partition coefficient (Wildman–Crippen LogP) is 5.86. The molecular formula is C32H32F4N2O3. The summed E-state index contributed by atoms with van der Waals surface area (Å²) in [5, 5.41) is 14.6. The van der Waals surface area contributed by atoms with Crippen LogP contribution in [0.15, 0.2) is 71.8 Å². The summed E-state index contributed by atoms with van der Waals surface area (Å²) in [4.78, 5) is 2.05. The number of likely N-dealkylation sites (N-methyl/N-ethyl adjacent to an activating group) is 1. The van der Waals surface area contributed by atoms with Crippen molar-refractivity contribution in [3.05, 3.63) is 112 Å². The second kappa shape index (κ2) is 12.6. The minimum Gasteiger partial charge on any atom is -0.492 e. The van der Waals surface area contributed by atoms with Crippen molar-refractivity contribution in [2.24, 2.45) is 0 Å². The van der Waals surface area contributed by atoms with Crippen LogP contribution in [0.5, 0.6) is 5.75 Å². The van der Waals surface area contributed by atoms with Crippen molar-refractivity contribution in [1.82, 2.24) is 10.2 Å². The summed E-state index contributed by atoms with van der Waals surface area (Å²) in [5.41, 5.74) is 2.95. The Labute approximate surface area is 236 Å². The van der Waals surface area contributed by atoms with Crippen LogP contribution in [0.25, 0.3) is 12.2 Å². The van der Waals surface area contributed by atoms with Crippen LogP contribution in [-0.4, -0.2) is 55.6 Å². The van der Waals surface area contributed by atoms with Gasteiger partial charge < -0.3 is 19.5 Å². The molecule has 1 aliphatic carbocycles. The van der Waals surface area contributed by atoms with Crippen LogP contribution in [0, 0.1) is 23.3 Å². The Balaban J connectivity index is 1.32. The van der Waals surface area contributed by atoms with Gasteiger partial charge >= 0.3 is 0 Å². The third-order valence-corrected chi connectivity index (χ3v) is 7.17. The van der Waals surface area contributed by atoms with E-state index in [1.807, 2.05) is 43.3 Å². The molecule has 2 fully saturated rings. The van der Waals surface area contributed by atoms with Gasteiger partial charge in [-0.15, -0.1) is 0 Å². The quantitative estimate of drug-likeness (QED) is 0.250. The van der Waals surface area contributed by atoms with E-state index in [9.17, 15) is 22.7 Å². The lowest BCUT2D eigenvalue weighted by molar-refractivity contribution is 0.213. The van der Waals surface area contributed by atoms with Crippen molar-refractivity contribution in [2.45, 2.75) is 37.3 Å². The molecule has 2 aliphatic rings. The maximum atomic E-state index is 13.9. The van der Waals surface area contributed by atoms with Gasteiger partial charge in [0.1, 0.15) is 24.7 Å². The lowest BCUT2D eigenvalue weighted by Crippen LogP contribution is -2.39. The van der Waals surface area contributed by atoms with Crippen LogP contribution in [0.2, 0.25) is 0 Å². The number of hydrogen-bond acceptors (Lipinski definition) is 5. The van der Waals surface area contributed by atoms with Gasteiger partial charge in [0.25, 0.3) is 0 Å². The normalized spacial score (nSPS) is 24.3. The highest BCUT2D eigenvalue weighted by Crippen LogP contribution is 2.40. The highest BCUT2D eigenvalue weighted by molar-refractivity contribution is 5.61. The van der Waals surface area contributed by atoms with Crippen LogP contribution < -0.4 is 10.1 Å². The van der Waals surface area contributed by atoms with Crippen molar-refractivity contribution in [1.29, 1.82) is 0 Å². The molecule has 5 rings (SSSR count). The Morgan fingerprint density at radius 1 is 0.854 bits per heavy atom. The zero-order valence-corrected chi connectivity index (χ0v) is 22.8. The minimum absolute atomic E-state index is 0.157. The number of nitrogens with one attached hydrogen (secondary N) is 1. The molecule has 0 bridgehead atoms. The lowest BCUT2D eigenvalue weighted by atomic mass is 9.82. The number of ether oxygens (including phenoxy) is 2. The van der Waals surface area contributed by atoms with Crippen LogP contribution in [0.3, 0.4) is 0 Å². The Kier molecular flexibility index (Phi) is 8.89. The van der Waals surface area contributed by atoms with Crippen LogP contribution in [-0.2, 0) is 4.74 Å². The van der Waals surface area contributed by atoms with Gasteiger partial charge in [-0.1, -0.05) is 36.4 Å². The summed E-state index contributed by atoms with van der Waals surface area (Å²) >= 11 is 0. The van der Waals surface area contributed by atoms with Gasteiger partial charge in [0.2, 0.25) is 0 Å². The topological polar surface area (TPSA) is 57.3 Å². The number of epoxide rings is 1. The maximum absolute atomic E-state index is 13.9. The van der Waals surface area contributed by atoms with Gasteiger partial charge in [-0.05, 0) is 91.2 Å². The number of nitrogens with zero attached hydrogens (tertiary/aromatic N) is 1. The Morgan fingerprint density at radius 2 is 1.41 bits per heavy atom. The molecule has 0 aromatic heterocycles. The van der Waals surface area contributed by atoms with Crippen molar-refractivity contribution < 1.29 is 32.1 Å². The SMILES string of the molecule is CN(C)CCOc1ccc(C2OC2NC2C/C(=C\c3ccc(F)c(F)c3)C(O)/C(=C/c3ccc(F)c(F)c3)C2)cc1. The largest absolute Gasteiger partial charge is 0.492 e. The predicted molar refractivity (Wildman–Crippen MR) is 149 cm³/mol. The molecule has 0 spiro atoms. The summed E-state index contributed by atoms with van der Waals surface area (Å²) in [6.45, 7) is 1.40. The molecule has 9 heteroatoms. The first-order chi connectivity index (χ1) is 19.7. The van der Waals surface area contributed by atoms with Crippen LogP contribution in [0.4, 0.5) is 17.6 Å². The first-order valence-electron chi connectivity index (χ1n) is 13.4. The molecule has 2 N–H and O–H groups in total. The lowest BCUT2D eigenvalue weighted by Gasteiger charge is -2.31. The average Bonchev–Trinajstić information content (AvgIpc) is 3.70. The maximum Gasteiger partial charge on any atom is 0.159 e. The number of aliphatic hydroxyl groups excluding tert-OH is 1. The van der Waals surface area contributed by atoms with E-state index in [1.54, 1.807) is 12.2 Å². The fourth-order valence-electron chi connectivity index (χ4n) is 4.95. The molecule has 3 aromatic rings. The monoisotopic (exact) mass is 568 g/mol. The molecule has 2 unspecified atom stereocenters. The minimum atomic E-state index is -1.04. The summed E-state index contributed by atoms with van der Waals surface area (Å²) in [6.07, 6.45) is 2.63. The number of rotatable bonds is 9. The zero-order valence-electron chi connectivity index (χ0n) is 22.8. The van der Waals surface area contributed by atoms with E-state index in [0.717, 1.165) is 42.1 Å². The summed E-state index contributed by atoms with van der Waals surface area (Å²) in [6, 6.07) is 14.6. The molecule has 3 aromatic carbocycles. The average molecular weight is 569 g/mol. The fraction of sp³-hybridized carbons (Fsp3) is 0.312. The molecule has 0 amide bonds. The van der Waals surface area contributed by atoms with E-state index < -0.39 is 29.4 Å². The number of benzene rings is 3. The van der Waals surface area contributed by atoms with E-state index in [1.165, 1.54) is 12.1 Å². The molecule has 41 heavy (non-hydrogen) atoms. The molecule has 5 nitrogen and oxygen atoms in total. The van der Waals surface area contributed by atoms with Gasteiger partial charge in [0.05, 0.1) is 6.10 Å². The van der Waals surface area contributed by atoms with E-state index in [2.05, 4.69) is 5.32 Å². The molecular weight excluding hydrogens is 536 g/mol. The highest BCUT2D eigenvalue weighted by atomic mass is 19.2. The van der Waals surface area contributed by atoms with E-state index in [4.69, 9.17) is 9.47 Å². The molecule has 0 radical (unpaired) electrons. The van der Waals surface area contributed by atoms with Gasteiger partial charge in [-0.3, -0.25) is 5.32 Å². The molecule has 1 saturated carbocycles. The third-order valence-electron chi connectivity index (χ3n) is 7.17. The third kappa shape index (κ3) is 7.42. The molecule has 2 atom stereocenters. The Morgan fingerprint density at radius 3 is 1.93 bits per heavy atom. The number of aliphatic hydroxyl groups is 1. The summed E-state index contributed by atoms with van der Waals surface area (Å²) < 4.78 is 66.3. The molecule has 216 valence electrons. The van der Waals surface area contributed by atoms with Gasteiger partial charge in [-0.2, -0.15) is 0 Å². The van der Waals surface area contributed by atoms with Crippen molar-refractivity contribution in [2.75, 3.05) is 27.2 Å². The number of hydrogen-bond donors (Lipinski definition) is 2. The summed E-state index contributed by atoms with van der Waals surface area (Å²) in [5.74, 6) is -3.11. The first-order valence-corrected chi connectivity index (χ1v) is 13.4. The summed E-state index contributed by atoms with van der Waals surface area (Å²) in [7, 11) is 3.97. The van der Waals surface area contributed by atoms with Crippen molar-refractivity contribution in [3.8, 4) is 5.75 Å². The van der Waals surface area contributed by atoms with Crippen LogP contribution in [0.1, 0.15) is 35.6 Å². The Hall–Kier alpha value is -3.50. The van der Waals surface area contributed by atoms with E-state index >= 15 is 0 Å². The molecule has 1 heterocycles. The first kappa shape index (κ1) is 29.0. The van der Waals surface area contributed by atoms with Crippen molar-refractivity contribution >= 4 is 12.2 Å². The van der Waals surface area contributed by atoms with E-state index in [0.29, 0.717) is 41.7 Å². The standard InChI is InChI=1S/C32H32F4N2O3/c1-38(2)11-12-40-25-7-5-21(6-8-25)31-32(41-31)37-24-17-22(13-19-3-9-26(33)28(35)15-19)30(39)23(18-24)14-20-4-10-27(34)29(36)16-20/h3-10,13-16,24,30-32,37,39H,11-12,17-18H2,1-2H3/b22-13+,23-14+. The molecule has 1 saturated heterocycles. The number of halogens is 4. The zero-order chi connectivity index (χ0) is 29.1. The second-order valence-corrected chi connectivity index (χ2v) is 10.7. The van der Waals surface area contributed by atoms with Crippen molar-refractivity contribution in [3.63, 3.8) is 0 Å². The van der Waals surface area contributed by atoms with E-state index in [-0.39, 0.29) is 18.4 Å².